The number of hydrogen-bond acceptors (Lipinski definition) is 2. The van der Waals surface area contributed by atoms with Gasteiger partial charge >= 0.3 is 0 Å². The molecule has 0 aromatic rings. The summed E-state index contributed by atoms with van der Waals surface area (Å²) in [5.41, 5.74) is 0.590. The second-order valence-corrected chi connectivity index (χ2v) is 6.12. The van der Waals surface area contributed by atoms with Crippen molar-refractivity contribution in [2.45, 2.75) is 57.7 Å². The number of likely N-dealkylation sites (tertiary alicyclic amines) is 1. The summed E-state index contributed by atoms with van der Waals surface area (Å²) in [5.74, 6) is 0. The molecule has 1 saturated heterocycles. The van der Waals surface area contributed by atoms with Crippen LogP contribution in [0.2, 0.25) is 0 Å². The SMILES string of the molecule is CC1(C)CC1NC1CCN(C2CC2)C1. The van der Waals surface area contributed by atoms with Gasteiger partial charge in [0.25, 0.3) is 0 Å². The van der Waals surface area contributed by atoms with E-state index in [1.165, 1.54) is 38.8 Å². The molecule has 0 amide bonds. The van der Waals surface area contributed by atoms with E-state index in [2.05, 4.69) is 24.1 Å². The van der Waals surface area contributed by atoms with Gasteiger partial charge in [-0.25, -0.2) is 0 Å². The van der Waals surface area contributed by atoms with E-state index in [1.54, 1.807) is 0 Å². The fourth-order valence-corrected chi connectivity index (χ4v) is 2.73. The quantitative estimate of drug-likeness (QED) is 0.734. The molecular formula is C12H22N2. The number of rotatable bonds is 3. The average molecular weight is 194 g/mol. The topological polar surface area (TPSA) is 15.3 Å². The summed E-state index contributed by atoms with van der Waals surface area (Å²) in [7, 11) is 0. The number of nitrogens with zero attached hydrogens (tertiary/aromatic N) is 1. The Labute approximate surface area is 87.0 Å². The average Bonchev–Trinajstić information content (AvgIpc) is 2.98. The van der Waals surface area contributed by atoms with Crippen molar-refractivity contribution in [1.82, 2.24) is 10.2 Å². The summed E-state index contributed by atoms with van der Waals surface area (Å²) in [6, 6.07) is 2.57. The highest BCUT2D eigenvalue weighted by molar-refractivity contribution is 5.04. The fraction of sp³-hybridized carbons (Fsp3) is 1.00. The Morgan fingerprint density at radius 2 is 1.93 bits per heavy atom. The predicted octanol–water partition coefficient (Wildman–Crippen LogP) is 1.61. The monoisotopic (exact) mass is 194 g/mol. The molecule has 2 aliphatic carbocycles. The molecule has 1 N–H and O–H groups in total. The summed E-state index contributed by atoms with van der Waals surface area (Å²) in [5, 5.41) is 3.81. The van der Waals surface area contributed by atoms with Crippen molar-refractivity contribution < 1.29 is 0 Å². The van der Waals surface area contributed by atoms with Gasteiger partial charge in [-0.1, -0.05) is 13.8 Å². The summed E-state index contributed by atoms with van der Waals surface area (Å²) in [6.45, 7) is 7.41. The minimum absolute atomic E-state index is 0.590. The molecule has 2 nitrogen and oxygen atoms in total. The highest BCUT2D eigenvalue weighted by Gasteiger charge is 2.47. The molecule has 3 fully saturated rings. The van der Waals surface area contributed by atoms with Gasteiger partial charge in [-0.2, -0.15) is 0 Å². The Hall–Kier alpha value is -0.0800. The Bertz CT molecular complexity index is 232. The van der Waals surface area contributed by atoms with Crippen molar-refractivity contribution in [3.8, 4) is 0 Å². The van der Waals surface area contributed by atoms with Crippen molar-refractivity contribution in [3.05, 3.63) is 0 Å². The third-order valence-electron chi connectivity index (χ3n) is 4.23. The smallest absolute Gasteiger partial charge is 0.0210 e. The first-order valence-corrected chi connectivity index (χ1v) is 6.15. The first-order chi connectivity index (χ1) is 6.65. The summed E-state index contributed by atoms with van der Waals surface area (Å²) in [6.07, 6.45) is 5.68. The second kappa shape index (κ2) is 2.96. The van der Waals surface area contributed by atoms with Crippen LogP contribution in [0, 0.1) is 5.41 Å². The molecule has 0 aromatic carbocycles. The van der Waals surface area contributed by atoms with Gasteiger partial charge in [0, 0.05) is 31.2 Å². The van der Waals surface area contributed by atoms with Gasteiger partial charge in [-0.05, 0) is 31.1 Å². The van der Waals surface area contributed by atoms with E-state index in [1.807, 2.05) is 0 Å². The van der Waals surface area contributed by atoms with Crippen molar-refractivity contribution in [2.75, 3.05) is 13.1 Å². The maximum absolute atomic E-state index is 3.81. The molecule has 3 aliphatic rings. The summed E-state index contributed by atoms with van der Waals surface area (Å²) in [4.78, 5) is 2.69. The van der Waals surface area contributed by atoms with E-state index in [0.717, 1.165) is 18.1 Å². The first-order valence-electron chi connectivity index (χ1n) is 6.15. The highest BCUT2D eigenvalue weighted by atomic mass is 15.2. The zero-order valence-electron chi connectivity index (χ0n) is 9.42. The second-order valence-electron chi connectivity index (χ2n) is 6.12. The number of nitrogens with one attached hydrogen (secondary N) is 1. The molecule has 14 heavy (non-hydrogen) atoms. The van der Waals surface area contributed by atoms with Gasteiger partial charge in [-0.3, -0.25) is 4.90 Å². The summed E-state index contributed by atoms with van der Waals surface area (Å²) < 4.78 is 0. The largest absolute Gasteiger partial charge is 0.309 e. The van der Waals surface area contributed by atoms with Gasteiger partial charge in [0.15, 0.2) is 0 Å². The van der Waals surface area contributed by atoms with Gasteiger partial charge < -0.3 is 5.32 Å². The molecule has 3 rings (SSSR count). The van der Waals surface area contributed by atoms with Gasteiger partial charge in [0.2, 0.25) is 0 Å². The fourth-order valence-electron chi connectivity index (χ4n) is 2.73. The lowest BCUT2D eigenvalue weighted by Crippen LogP contribution is -2.36. The normalized spacial score (nSPS) is 41.6. The maximum atomic E-state index is 3.81. The highest BCUT2D eigenvalue weighted by Crippen LogP contribution is 2.45. The van der Waals surface area contributed by atoms with Crippen LogP contribution in [0.3, 0.4) is 0 Å². The summed E-state index contributed by atoms with van der Waals surface area (Å²) >= 11 is 0. The molecule has 1 heterocycles. The van der Waals surface area contributed by atoms with Crippen molar-refractivity contribution in [3.63, 3.8) is 0 Å². The van der Waals surface area contributed by atoms with E-state index in [0.29, 0.717) is 5.41 Å². The van der Waals surface area contributed by atoms with Crippen LogP contribution < -0.4 is 5.32 Å². The minimum Gasteiger partial charge on any atom is -0.309 e. The van der Waals surface area contributed by atoms with Gasteiger partial charge in [0.1, 0.15) is 0 Å². The molecule has 1 aliphatic heterocycles. The lowest BCUT2D eigenvalue weighted by atomic mass is 10.1. The van der Waals surface area contributed by atoms with Crippen LogP contribution in [0.25, 0.3) is 0 Å². The molecule has 0 spiro atoms. The van der Waals surface area contributed by atoms with E-state index in [9.17, 15) is 0 Å². The molecular weight excluding hydrogens is 172 g/mol. The Morgan fingerprint density at radius 3 is 2.50 bits per heavy atom. The van der Waals surface area contributed by atoms with Crippen LogP contribution in [-0.2, 0) is 0 Å². The zero-order valence-corrected chi connectivity index (χ0v) is 9.42. The number of hydrogen-bond donors (Lipinski definition) is 1. The molecule has 2 unspecified atom stereocenters. The lowest BCUT2D eigenvalue weighted by Gasteiger charge is -2.16. The Kier molecular flexibility index (Phi) is 1.94. The van der Waals surface area contributed by atoms with Crippen molar-refractivity contribution in [1.29, 1.82) is 0 Å². The van der Waals surface area contributed by atoms with Crippen molar-refractivity contribution in [2.24, 2.45) is 5.41 Å². The van der Waals surface area contributed by atoms with Crippen LogP contribution in [0.1, 0.15) is 39.5 Å². The zero-order chi connectivity index (χ0) is 9.76. The van der Waals surface area contributed by atoms with Crippen LogP contribution in [0.5, 0.6) is 0 Å². The van der Waals surface area contributed by atoms with E-state index < -0.39 is 0 Å². The van der Waals surface area contributed by atoms with Gasteiger partial charge in [-0.15, -0.1) is 0 Å². The Morgan fingerprint density at radius 1 is 1.21 bits per heavy atom. The van der Waals surface area contributed by atoms with Gasteiger partial charge in [0.05, 0.1) is 0 Å². The molecule has 80 valence electrons. The lowest BCUT2D eigenvalue weighted by molar-refractivity contribution is 0.315. The van der Waals surface area contributed by atoms with E-state index in [4.69, 9.17) is 0 Å². The minimum atomic E-state index is 0.590. The van der Waals surface area contributed by atoms with E-state index in [-0.39, 0.29) is 0 Å². The molecule has 0 aromatic heterocycles. The standard InChI is InChI=1S/C12H22N2/c1-12(2)7-11(12)13-9-5-6-14(8-9)10-3-4-10/h9-11,13H,3-8H2,1-2H3. The molecule has 2 heteroatoms. The third-order valence-corrected chi connectivity index (χ3v) is 4.23. The van der Waals surface area contributed by atoms with Crippen LogP contribution >= 0.6 is 0 Å². The first kappa shape index (κ1) is 9.17. The van der Waals surface area contributed by atoms with Crippen LogP contribution in [-0.4, -0.2) is 36.1 Å². The van der Waals surface area contributed by atoms with Crippen LogP contribution in [0.15, 0.2) is 0 Å². The van der Waals surface area contributed by atoms with Crippen LogP contribution in [0.4, 0.5) is 0 Å². The molecule has 2 atom stereocenters. The maximum Gasteiger partial charge on any atom is 0.0210 e. The third kappa shape index (κ3) is 1.70. The Balaban J connectivity index is 1.47. The van der Waals surface area contributed by atoms with E-state index >= 15 is 0 Å². The molecule has 2 saturated carbocycles. The molecule has 0 radical (unpaired) electrons. The van der Waals surface area contributed by atoms with Crippen molar-refractivity contribution >= 4 is 0 Å². The predicted molar refractivity (Wildman–Crippen MR) is 58.3 cm³/mol. The molecule has 0 bridgehead atoms.